The highest BCUT2D eigenvalue weighted by atomic mass is 19.4. The summed E-state index contributed by atoms with van der Waals surface area (Å²) in [5.74, 6) is 0. The number of benzene rings is 1. The molecule has 0 amide bonds. The van der Waals surface area contributed by atoms with Crippen LogP contribution in [0.25, 0.3) is 5.57 Å². The molecule has 1 aromatic carbocycles. The maximum Gasteiger partial charge on any atom is 0.418 e. The Morgan fingerprint density at radius 1 is 1.38 bits per heavy atom. The van der Waals surface area contributed by atoms with Crippen molar-refractivity contribution in [2.24, 2.45) is 0 Å². The van der Waals surface area contributed by atoms with Gasteiger partial charge in [-0.1, -0.05) is 24.3 Å². The molecule has 1 atom stereocenters. The smallest absolute Gasteiger partial charge is 0.379 e. The number of hydrogen-bond donors (Lipinski definition) is 1. The van der Waals surface area contributed by atoms with Gasteiger partial charge in [0.1, 0.15) is 0 Å². The number of aliphatic hydroxyl groups excluding tert-OH is 1. The maximum absolute atomic E-state index is 12.3. The molecule has 1 nitrogen and oxygen atoms in total. The van der Waals surface area contributed by atoms with Crippen molar-refractivity contribution in [2.45, 2.75) is 26.1 Å². The number of aliphatic hydroxyl groups is 1. The van der Waals surface area contributed by atoms with Crippen LogP contribution in [0.5, 0.6) is 0 Å². The summed E-state index contributed by atoms with van der Waals surface area (Å²) in [6.07, 6.45) is -5.24. The topological polar surface area (TPSA) is 20.2 Å². The third-order valence-electron chi connectivity index (χ3n) is 2.40. The predicted molar refractivity (Wildman–Crippen MR) is 56.8 cm³/mol. The van der Waals surface area contributed by atoms with Crippen molar-refractivity contribution in [1.82, 2.24) is 0 Å². The first-order chi connectivity index (χ1) is 7.36. The Bertz CT molecular complexity index is 393. The van der Waals surface area contributed by atoms with E-state index in [1.54, 1.807) is 19.1 Å². The van der Waals surface area contributed by atoms with E-state index in [4.69, 9.17) is 5.11 Å². The molecule has 0 aliphatic rings. The molecule has 0 saturated heterocycles. The van der Waals surface area contributed by atoms with Crippen molar-refractivity contribution < 1.29 is 18.3 Å². The lowest BCUT2D eigenvalue weighted by molar-refractivity contribution is -0.206. The van der Waals surface area contributed by atoms with Crippen LogP contribution in [-0.4, -0.2) is 11.3 Å². The van der Waals surface area contributed by atoms with Gasteiger partial charge >= 0.3 is 6.18 Å². The van der Waals surface area contributed by atoms with Gasteiger partial charge in [0.2, 0.25) is 0 Å². The van der Waals surface area contributed by atoms with Gasteiger partial charge in [-0.05, 0) is 36.6 Å². The lowest BCUT2D eigenvalue weighted by atomic mass is 10.0. The standard InChI is InChI=1S/C12H13F3O/c1-3-8(2)9-5-4-6-10(7-9)11(16)12(13,14)15/h3-7,11,16H,1-2H3. The van der Waals surface area contributed by atoms with E-state index in [0.717, 1.165) is 5.57 Å². The Morgan fingerprint density at radius 2 is 2.00 bits per heavy atom. The molecule has 1 unspecified atom stereocenters. The first kappa shape index (κ1) is 12.8. The molecule has 0 radical (unpaired) electrons. The van der Waals surface area contributed by atoms with Crippen LogP contribution in [0.4, 0.5) is 13.2 Å². The van der Waals surface area contributed by atoms with Gasteiger partial charge in [-0.2, -0.15) is 13.2 Å². The van der Waals surface area contributed by atoms with Crippen LogP contribution in [0.3, 0.4) is 0 Å². The van der Waals surface area contributed by atoms with Crippen molar-refractivity contribution >= 4 is 5.57 Å². The first-order valence-electron chi connectivity index (χ1n) is 4.84. The summed E-state index contributed by atoms with van der Waals surface area (Å²) in [4.78, 5) is 0. The monoisotopic (exact) mass is 230 g/mol. The number of halogens is 3. The summed E-state index contributed by atoms with van der Waals surface area (Å²) in [7, 11) is 0. The quantitative estimate of drug-likeness (QED) is 0.821. The van der Waals surface area contributed by atoms with E-state index >= 15 is 0 Å². The van der Waals surface area contributed by atoms with Crippen LogP contribution in [0, 0.1) is 0 Å². The average Bonchev–Trinajstić information content (AvgIpc) is 2.26. The lowest BCUT2D eigenvalue weighted by Crippen LogP contribution is -2.20. The molecule has 0 aliphatic carbocycles. The number of allylic oxidation sites excluding steroid dienone is 2. The summed E-state index contributed by atoms with van der Waals surface area (Å²) in [6, 6.07) is 5.84. The van der Waals surface area contributed by atoms with Crippen LogP contribution in [0.1, 0.15) is 31.1 Å². The molecule has 1 rings (SSSR count). The minimum atomic E-state index is -4.62. The van der Waals surface area contributed by atoms with E-state index in [1.165, 1.54) is 18.2 Å². The van der Waals surface area contributed by atoms with Crippen molar-refractivity contribution in [1.29, 1.82) is 0 Å². The fraction of sp³-hybridized carbons (Fsp3) is 0.333. The Balaban J connectivity index is 3.08. The van der Waals surface area contributed by atoms with Crippen molar-refractivity contribution in [3.63, 3.8) is 0 Å². The van der Waals surface area contributed by atoms with Gasteiger partial charge in [0.15, 0.2) is 6.10 Å². The van der Waals surface area contributed by atoms with Gasteiger partial charge in [0, 0.05) is 0 Å². The molecule has 0 fully saturated rings. The van der Waals surface area contributed by atoms with E-state index in [-0.39, 0.29) is 5.56 Å². The SMILES string of the molecule is CC=C(C)c1cccc(C(O)C(F)(F)F)c1. The molecule has 0 heterocycles. The zero-order valence-electron chi connectivity index (χ0n) is 9.05. The summed E-state index contributed by atoms with van der Waals surface area (Å²) >= 11 is 0. The number of rotatable bonds is 2. The minimum absolute atomic E-state index is 0.133. The third-order valence-corrected chi connectivity index (χ3v) is 2.40. The third kappa shape index (κ3) is 2.85. The zero-order chi connectivity index (χ0) is 12.3. The van der Waals surface area contributed by atoms with E-state index in [9.17, 15) is 13.2 Å². The van der Waals surface area contributed by atoms with E-state index in [0.29, 0.717) is 5.56 Å². The normalized spacial score (nSPS) is 15.0. The van der Waals surface area contributed by atoms with Gasteiger partial charge in [-0.25, -0.2) is 0 Å². The predicted octanol–water partition coefficient (Wildman–Crippen LogP) is 3.71. The van der Waals surface area contributed by atoms with Gasteiger partial charge < -0.3 is 5.11 Å². The molecule has 16 heavy (non-hydrogen) atoms. The second kappa shape index (κ2) is 4.70. The van der Waals surface area contributed by atoms with Crippen LogP contribution in [-0.2, 0) is 0 Å². The molecule has 88 valence electrons. The Hall–Kier alpha value is -1.29. The molecular formula is C12H13F3O. The zero-order valence-corrected chi connectivity index (χ0v) is 9.05. The van der Waals surface area contributed by atoms with E-state index in [1.807, 2.05) is 6.92 Å². The fourth-order valence-corrected chi connectivity index (χ4v) is 1.31. The highest BCUT2D eigenvalue weighted by molar-refractivity contribution is 5.63. The van der Waals surface area contributed by atoms with E-state index < -0.39 is 12.3 Å². The molecule has 0 aliphatic heterocycles. The maximum atomic E-state index is 12.3. The number of hydrogen-bond acceptors (Lipinski definition) is 1. The van der Waals surface area contributed by atoms with Crippen molar-refractivity contribution in [3.8, 4) is 0 Å². The van der Waals surface area contributed by atoms with Crippen LogP contribution in [0.15, 0.2) is 30.3 Å². The van der Waals surface area contributed by atoms with Gasteiger partial charge in [-0.3, -0.25) is 0 Å². The Morgan fingerprint density at radius 3 is 2.50 bits per heavy atom. The second-order valence-electron chi connectivity index (χ2n) is 3.54. The number of alkyl halides is 3. The molecule has 1 N–H and O–H groups in total. The Kier molecular flexibility index (Phi) is 3.75. The Labute approximate surface area is 92.2 Å². The summed E-state index contributed by atoms with van der Waals surface area (Å²) in [5, 5.41) is 9.09. The highest BCUT2D eigenvalue weighted by Gasteiger charge is 2.39. The molecular weight excluding hydrogens is 217 g/mol. The molecule has 0 spiro atoms. The van der Waals surface area contributed by atoms with E-state index in [2.05, 4.69) is 0 Å². The largest absolute Gasteiger partial charge is 0.418 e. The van der Waals surface area contributed by atoms with Gasteiger partial charge in [0.05, 0.1) is 0 Å². The van der Waals surface area contributed by atoms with Gasteiger partial charge in [-0.15, -0.1) is 0 Å². The molecule has 4 heteroatoms. The van der Waals surface area contributed by atoms with Crippen LogP contribution >= 0.6 is 0 Å². The molecule has 1 aromatic rings. The van der Waals surface area contributed by atoms with Gasteiger partial charge in [0.25, 0.3) is 0 Å². The molecule has 0 aromatic heterocycles. The fourth-order valence-electron chi connectivity index (χ4n) is 1.31. The minimum Gasteiger partial charge on any atom is -0.379 e. The molecule has 0 saturated carbocycles. The lowest BCUT2D eigenvalue weighted by Gasteiger charge is -2.15. The summed E-state index contributed by atoms with van der Waals surface area (Å²) in [6.45, 7) is 3.61. The summed E-state index contributed by atoms with van der Waals surface area (Å²) in [5.41, 5.74) is 1.42. The summed E-state index contributed by atoms with van der Waals surface area (Å²) < 4.78 is 36.9. The first-order valence-corrected chi connectivity index (χ1v) is 4.84. The highest BCUT2D eigenvalue weighted by Crippen LogP contribution is 2.33. The second-order valence-corrected chi connectivity index (χ2v) is 3.54. The van der Waals surface area contributed by atoms with Crippen LogP contribution in [0.2, 0.25) is 0 Å². The van der Waals surface area contributed by atoms with Crippen molar-refractivity contribution in [2.75, 3.05) is 0 Å². The average molecular weight is 230 g/mol. The van der Waals surface area contributed by atoms with Crippen LogP contribution < -0.4 is 0 Å². The molecule has 0 bridgehead atoms. The van der Waals surface area contributed by atoms with Crippen molar-refractivity contribution in [3.05, 3.63) is 41.5 Å².